The standard InChI is InChI=1S/C10H18N2O/c1-9(6-10(2,3)13)7-12-5-4-11-8-12/h4-5,8-9,13H,6-7H2,1-3H3. The monoisotopic (exact) mass is 182 g/mol. The summed E-state index contributed by atoms with van der Waals surface area (Å²) in [6.45, 7) is 6.75. The molecule has 0 aliphatic carbocycles. The van der Waals surface area contributed by atoms with Crippen LogP contribution in [0.3, 0.4) is 0 Å². The molecule has 0 bridgehead atoms. The van der Waals surface area contributed by atoms with Crippen molar-refractivity contribution in [3.05, 3.63) is 18.7 Å². The zero-order valence-corrected chi connectivity index (χ0v) is 8.57. The van der Waals surface area contributed by atoms with Crippen molar-refractivity contribution in [2.24, 2.45) is 5.92 Å². The SMILES string of the molecule is CC(Cn1ccnc1)CC(C)(C)O. The van der Waals surface area contributed by atoms with Gasteiger partial charge in [0, 0.05) is 18.9 Å². The van der Waals surface area contributed by atoms with E-state index in [0.29, 0.717) is 5.92 Å². The van der Waals surface area contributed by atoms with E-state index < -0.39 is 5.60 Å². The van der Waals surface area contributed by atoms with Crippen molar-refractivity contribution >= 4 is 0 Å². The first-order valence-electron chi connectivity index (χ1n) is 4.65. The molecule has 0 aliphatic rings. The minimum Gasteiger partial charge on any atom is -0.390 e. The lowest BCUT2D eigenvalue weighted by atomic mass is 9.95. The van der Waals surface area contributed by atoms with Crippen LogP contribution in [-0.4, -0.2) is 20.3 Å². The molecule has 13 heavy (non-hydrogen) atoms. The molecule has 0 radical (unpaired) electrons. The van der Waals surface area contributed by atoms with Crippen LogP contribution in [0.25, 0.3) is 0 Å². The van der Waals surface area contributed by atoms with Gasteiger partial charge in [0.05, 0.1) is 11.9 Å². The maximum atomic E-state index is 9.59. The Morgan fingerprint density at radius 3 is 2.69 bits per heavy atom. The maximum Gasteiger partial charge on any atom is 0.0945 e. The Morgan fingerprint density at radius 2 is 2.23 bits per heavy atom. The Hall–Kier alpha value is -0.830. The molecule has 1 aromatic rings. The number of hydrogen-bond donors (Lipinski definition) is 1. The molecule has 74 valence electrons. The second-order valence-corrected chi connectivity index (χ2v) is 4.38. The molecule has 0 aromatic carbocycles. The van der Waals surface area contributed by atoms with E-state index in [1.165, 1.54) is 0 Å². The van der Waals surface area contributed by atoms with Gasteiger partial charge in [-0.3, -0.25) is 0 Å². The second-order valence-electron chi connectivity index (χ2n) is 4.38. The zero-order valence-electron chi connectivity index (χ0n) is 8.57. The molecule has 1 N–H and O–H groups in total. The van der Waals surface area contributed by atoms with Gasteiger partial charge in [0.25, 0.3) is 0 Å². The predicted octanol–water partition coefficient (Wildman–Crippen LogP) is 1.68. The molecule has 0 saturated heterocycles. The van der Waals surface area contributed by atoms with Crippen LogP contribution in [0, 0.1) is 5.92 Å². The van der Waals surface area contributed by atoms with Crippen molar-refractivity contribution in [3.63, 3.8) is 0 Å². The Bertz CT molecular complexity index is 236. The Labute approximate surface area is 79.4 Å². The molecule has 1 rings (SSSR count). The molecular formula is C10H18N2O. The van der Waals surface area contributed by atoms with Gasteiger partial charge in [-0.05, 0) is 26.2 Å². The fourth-order valence-electron chi connectivity index (χ4n) is 1.67. The molecule has 1 aromatic heterocycles. The van der Waals surface area contributed by atoms with Crippen molar-refractivity contribution in [3.8, 4) is 0 Å². The lowest BCUT2D eigenvalue weighted by Gasteiger charge is -2.22. The molecule has 1 heterocycles. The molecule has 0 spiro atoms. The van der Waals surface area contributed by atoms with E-state index in [9.17, 15) is 5.11 Å². The lowest BCUT2D eigenvalue weighted by Crippen LogP contribution is -2.23. The first-order chi connectivity index (χ1) is 5.97. The highest BCUT2D eigenvalue weighted by Crippen LogP contribution is 2.16. The first kappa shape index (κ1) is 10.3. The van der Waals surface area contributed by atoms with Crippen molar-refractivity contribution in [1.82, 2.24) is 9.55 Å². The number of imidazole rings is 1. The first-order valence-corrected chi connectivity index (χ1v) is 4.65. The highest BCUT2D eigenvalue weighted by atomic mass is 16.3. The summed E-state index contributed by atoms with van der Waals surface area (Å²) >= 11 is 0. The third kappa shape index (κ3) is 4.08. The summed E-state index contributed by atoms with van der Waals surface area (Å²) in [6.07, 6.45) is 6.34. The molecule has 3 nitrogen and oxygen atoms in total. The van der Waals surface area contributed by atoms with Crippen LogP contribution >= 0.6 is 0 Å². The molecule has 1 atom stereocenters. The van der Waals surface area contributed by atoms with Gasteiger partial charge in [0.1, 0.15) is 0 Å². The maximum absolute atomic E-state index is 9.59. The van der Waals surface area contributed by atoms with Crippen molar-refractivity contribution < 1.29 is 5.11 Å². The van der Waals surface area contributed by atoms with Gasteiger partial charge in [-0.15, -0.1) is 0 Å². The smallest absolute Gasteiger partial charge is 0.0945 e. The predicted molar refractivity (Wildman–Crippen MR) is 52.3 cm³/mol. The zero-order chi connectivity index (χ0) is 9.90. The Balaban J connectivity index is 2.38. The van der Waals surface area contributed by atoms with E-state index in [0.717, 1.165) is 13.0 Å². The van der Waals surface area contributed by atoms with Crippen LogP contribution in [0.15, 0.2) is 18.7 Å². The fourth-order valence-corrected chi connectivity index (χ4v) is 1.67. The molecule has 0 saturated carbocycles. The third-order valence-corrected chi connectivity index (χ3v) is 1.93. The summed E-state index contributed by atoms with van der Waals surface area (Å²) < 4.78 is 2.04. The van der Waals surface area contributed by atoms with Crippen molar-refractivity contribution in [2.75, 3.05) is 0 Å². The summed E-state index contributed by atoms with van der Waals surface area (Å²) in [5, 5.41) is 9.59. The van der Waals surface area contributed by atoms with Gasteiger partial charge in [0.2, 0.25) is 0 Å². The van der Waals surface area contributed by atoms with E-state index in [1.54, 1.807) is 12.5 Å². The normalized spacial score (nSPS) is 14.5. The van der Waals surface area contributed by atoms with E-state index in [-0.39, 0.29) is 0 Å². The summed E-state index contributed by atoms with van der Waals surface area (Å²) in [7, 11) is 0. The van der Waals surface area contributed by atoms with Gasteiger partial charge >= 0.3 is 0 Å². The minimum absolute atomic E-state index is 0.467. The summed E-state index contributed by atoms with van der Waals surface area (Å²) in [4.78, 5) is 3.97. The average Bonchev–Trinajstić information content (AvgIpc) is 2.34. The Kier molecular flexibility index (Phi) is 3.09. The quantitative estimate of drug-likeness (QED) is 0.769. The number of rotatable bonds is 4. The lowest BCUT2D eigenvalue weighted by molar-refractivity contribution is 0.0526. The van der Waals surface area contributed by atoms with Gasteiger partial charge in [-0.1, -0.05) is 6.92 Å². The third-order valence-electron chi connectivity index (χ3n) is 1.93. The molecule has 0 aliphatic heterocycles. The van der Waals surface area contributed by atoms with E-state index in [4.69, 9.17) is 0 Å². The summed E-state index contributed by atoms with van der Waals surface area (Å²) in [5.74, 6) is 0.467. The highest BCUT2D eigenvalue weighted by molar-refractivity contribution is 4.77. The number of nitrogens with zero attached hydrogens (tertiary/aromatic N) is 2. The van der Waals surface area contributed by atoms with E-state index in [1.807, 2.05) is 24.6 Å². The fraction of sp³-hybridized carbons (Fsp3) is 0.700. The van der Waals surface area contributed by atoms with Gasteiger partial charge < -0.3 is 9.67 Å². The van der Waals surface area contributed by atoms with Gasteiger partial charge in [-0.2, -0.15) is 0 Å². The van der Waals surface area contributed by atoms with Crippen LogP contribution in [0.1, 0.15) is 27.2 Å². The van der Waals surface area contributed by atoms with Crippen LogP contribution in [0.5, 0.6) is 0 Å². The van der Waals surface area contributed by atoms with Gasteiger partial charge in [-0.25, -0.2) is 4.98 Å². The highest BCUT2D eigenvalue weighted by Gasteiger charge is 2.17. The second kappa shape index (κ2) is 3.92. The van der Waals surface area contributed by atoms with Gasteiger partial charge in [0.15, 0.2) is 0 Å². The van der Waals surface area contributed by atoms with Crippen LogP contribution < -0.4 is 0 Å². The van der Waals surface area contributed by atoms with Crippen molar-refractivity contribution in [1.29, 1.82) is 0 Å². The van der Waals surface area contributed by atoms with E-state index in [2.05, 4.69) is 11.9 Å². The molecule has 0 fully saturated rings. The Morgan fingerprint density at radius 1 is 1.54 bits per heavy atom. The number of hydrogen-bond acceptors (Lipinski definition) is 2. The summed E-state index contributed by atoms with van der Waals surface area (Å²) in [5.41, 5.74) is -0.569. The van der Waals surface area contributed by atoms with Crippen LogP contribution in [-0.2, 0) is 6.54 Å². The number of aliphatic hydroxyl groups is 1. The van der Waals surface area contributed by atoms with Crippen LogP contribution in [0.4, 0.5) is 0 Å². The number of aromatic nitrogens is 2. The topological polar surface area (TPSA) is 38.0 Å². The summed E-state index contributed by atoms with van der Waals surface area (Å²) in [6, 6.07) is 0. The minimum atomic E-state index is -0.569. The molecule has 1 unspecified atom stereocenters. The molecular weight excluding hydrogens is 164 g/mol. The average molecular weight is 182 g/mol. The molecule has 3 heteroatoms. The van der Waals surface area contributed by atoms with Crippen LogP contribution in [0.2, 0.25) is 0 Å². The largest absolute Gasteiger partial charge is 0.390 e. The van der Waals surface area contributed by atoms with E-state index >= 15 is 0 Å². The molecule has 0 amide bonds. The van der Waals surface area contributed by atoms with Crippen molar-refractivity contribution in [2.45, 2.75) is 39.3 Å².